The third-order valence-corrected chi connectivity index (χ3v) is 4.70. The molecule has 168 valence electrons. The average molecular weight is 424 g/mol. The summed E-state index contributed by atoms with van der Waals surface area (Å²) in [6.07, 6.45) is 2.38. The third-order valence-electron chi connectivity index (χ3n) is 4.70. The maximum atomic E-state index is 13.1. The summed E-state index contributed by atoms with van der Waals surface area (Å²) in [7, 11) is 0. The first kappa shape index (κ1) is 27.0. The second-order valence-corrected chi connectivity index (χ2v) is 7.27. The number of hydrogen-bond donors (Lipinski definition) is 1. The van der Waals surface area contributed by atoms with Gasteiger partial charge in [-0.15, -0.1) is 0 Å². The molecule has 0 aromatic carbocycles. The van der Waals surface area contributed by atoms with Crippen LogP contribution in [-0.2, 0) is 4.79 Å². The van der Waals surface area contributed by atoms with Crippen LogP contribution in [0, 0.1) is 0 Å². The molecule has 0 aromatic heterocycles. The van der Waals surface area contributed by atoms with Crippen LogP contribution in [0.2, 0.25) is 0 Å². The highest BCUT2D eigenvalue weighted by atomic mass is 19.4. The van der Waals surface area contributed by atoms with E-state index in [0.29, 0.717) is 12.8 Å². The molecule has 9 heteroatoms. The number of halogens is 7. The predicted octanol–water partition coefficient (Wildman–Crippen LogP) is 7.76. The largest absolute Gasteiger partial charge is 0.481 e. The summed E-state index contributed by atoms with van der Waals surface area (Å²) in [5.74, 6) is -11.8. The van der Waals surface area contributed by atoms with Crippen molar-refractivity contribution < 1.29 is 40.6 Å². The summed E-state index contributed by atoms with van der Waals surface area (Å²) < 4.78 is 87.5. The van der Waals surface area contributed by atoms with Crippen molar-refractivity contribution in [2.45, 2.75) is 114 Å². The molecule has 0 aromatic rings. The highest BCUT2D eigenvalue weighted by Gasteiger charge is 2.72. The third kappa shape index (κ3) is 11.1. The topological polar surface area (TPSA) is 37.3 Å². The van der Waals surface area contributed by atoms with E-state index in [-0.39, 0.29) is 19.3 Å². The Balaban J connectivity index is 3.52. The smallest absolute Gasteiger partial charge is 0.459 e. The molecule has 0 aliphatic carbocycles. The van der Waals surface area contributed by atoms with Gasteiger partial charge in [0.2, 0.25) is 0 Å². The molecule has 0 aliphatic rings. The Labute approximate surface area is 161 Å². The minimum absolute atomic E-state index is 0.208. The van der Waals surface area contributed by atoms with Crippen LogP contribution >= 0.6 is 0 Å². The van der Waals surface area contributed by atoms with Gasteiger partial charge in [-0.3, -0.25) is 4.79 Å². The molecule has 0 amide bonds. The van der Waals surface area contributed by atoms with Gasteiger partial charge < -0.3 is 5.11 Å². The second kappa shape index (κ2) is 13.2. The number of alkyl halides is 7. The zero-order chi connectivity index (χ0) is 21.7. The van der Waals surface area contributed by atoms with Crippen LogP contribution in [0.25, 0.3) is 0 Å². The molecule has 0 aliphatic heterocycles. The minimum atomic E-state index is -6.24. The van der Waals surface area contributed by atoms with Crippen LogP contribution in [0.5, 0.6) is 0 Å². The maximum absolute atomic E-state index is 13.1. The summed E-state index contributed by atoms with van der Waals surface area (Å²) >= 11 is 0. The number of aliphatic carboxylic acids is 1. The molecule has 0 saturated heterocycles. The van der Waals surface area contributed by atoms with Crippen molar-refractivity contribution in [3.63, 3.8) is 0 Å². The average Bonchev–Trinajstić information content (AvgIpc) is 2.56. The quantitative estimate of drug-likeness (QED) is 0.191. The monoisotopic (exact) mass is 424 g/mol. The molecule has 0 heterocycles. The molecule has 0 bridgehead atoms. The van der Waals surface area contributed by atoms with Crippen molar-refractivity contribution >= 4 is 5.97 Å². The number of carbonyl (C=O) groups is 1. The van der Waals surface area contributed by atoms with Crippen LogP contribution in [0.1, 0.15) is 96.3 Å². The van der Waals surface area contributed by atoms with E-state index in [0.717, 1.165) is 57.8 Å². The Kier molecular flexibility index (Phi) is 12.8. The minimum Gasteiger partial charge on any atom is -0.481 e. The number of carboxylic acid groups (broad SMARTS) is 1. The van der Waals surface area contributed by atoms with Gasteiger partial charge in [-0.05, 0) is 12.8 Å². The van der Waals surface area contributed by atoms with E-state index in [4.69, 9.17) is 5.11 Å². The van der Waals surface area contributed by atoms with Gasteiger partial charge in [0.1, 0.15) is 0 Å². The van der Waals surface area contributed by atoms with E-state index < -0.39 is 30.4 Å². The zero-order valence-electron chi connectivity index (χ0n) is 16.1. The molecule has 0 fully saturated rings. The normalized spacial score (nSPS) is 13.1. The van der Waals surface area contributed by atoms with Crippen LogP contribution < -0.4 is 0 Å². The van der Waals surface area contributed by atoms with Gasteiger partial charge in [-0.1, -0.05) is 70.6 Å². The second-order valence-electron chi connectivity index (χ2n) is 7.27. The van der Waals surface area contributed by atoms with Crippen molar-refractivity contribution in [1.82, 2.24) is 0 Å². The van der Waals surface area contributed by atoms with Gasteiger partial charge >= 0.3 is 24.0 Å². The summed E-state index contributed by atoms with van der Waals surface area (Å²) in [5, 5.41) is 8.50. The maximum Gasteiger partial charge on any atom is 0.459 e. The Morgan fingerprint density at radius 2 is 0.893 bits per heavy atom. The number of unbranched alkanes of at least 4 members (excludes halogenated alkanes) is 12. The number of carboxylic acids is 1. The molecular weight excluding hydrogens is 393 g/mol. The standard InChI is InChI=1S/C19H31F7O2/c20-17(21,18(22,23)19(24,25)26)15-13-11-9-7-5-3-1-2-4-6-8-10-12-14-16(27)28/h1-15H2,(H,27,28). The molecule has 0 radical (unpaired) electrons. The number of rotatable bonds is 17. The molecular formula is C19H31F7O2. The summed E-state index contributed by atoms with van der Waals surface area (Å²) in [4.78, 5) is 10.3. The summed E-state index contributed by atoms with van der Waals surface area (Å²) in [6, 6.07) is 0. The highest BCUT2D eigenvalue weighted by Crippen LogP contribution is 2.48. The fourth-order valence-electron chi connectivity index (χ4n) is 2.93. The first-order valence-corrected chi connectivity index (χ1v) is 9.96. The Hall–Kier alpha value is -1.02. The fourth-order valence-corrected chi connectivity index (χ4v) is 2.93. The molecule has 0 atom stereocenters. The lowest BCUT2D eigenvalue weighted by Gasteiger charge is -2.28. The van der Waals surface area contributed by atoms with Gasteiger partial charge in [-0.25, -0.2) is 0 Å². The van der Waals surface area contributed by atoms with Crippen LogP contribution in [0.4, 0.5) is 30.7 Å². The van der Waals surface area contributed by atoms with Crippen LogP contribution in [0.15, 0.2) is 0 Å². The van der Waals surface area contributed by atoms with E-state index in [1.54, 1.807) is 0 Å². The van der Waals surface area contributed by atoms with E-state index >= 15 is 0 Å². The van der Waals surface area contributed by atoms with E-state index in [1.165, 1.54) is 0 Å². The van der Waals surface area contributed by atoms with E-state index in [9.17, 15) is 35.5 Å². The lowest BCUT2D eigenvalue weighted by atomic mass is 10.0. The van der Waals surface area contributed by atoms with Crippen molar-refractivity contribution in [3.8, 4) is 0 Å². The molecule has 0 unspecified atom stereocenters. The Morgan fingerprint density at radius 1 is 0.571 bits per heavy atom. The Bertz CT molecular complexity index is 423. The summed E-state index contributed by atoms with van der Waals surface area (Å²) in [6.45, 7) is 0. The SMILES string of the molecule is O=C(O)CCCCCCCCCCCCCCCC(F)(F)C(F)(F)C(F)(F)F. The van der Waals surface area contributed by atoms with Crippen molar-refractivity contribution in [2.24, 2.45) is 0 Å². The Morgan fingerprint density at radius 3 is 1.21 bits per heavy atom. The molecule has 0 saturated carbocycles. The van der Waals surface area contributed by atoms with Crippen LogP contribution in [0.3, 0.4) is 0 Å². The van der Waals surface area contributed by atoms with Gasteiger partial charge in [-0.2, -0.15) is 30.7 Å². The zero-order valence-corrected chi connectivity index (χ0v) is 16.1. The molecule has 2 nitrogen and oxygen atoms in total. The van der Waals surface area contributed by atoms with Crippen molar-refractivity contribution in [3.05, 3.63) is 0 Å². The fraction of sp³-hybridized carbons (Fsp3) is 0.947. The van der Waals surface area contributed by atoms with Gasteiger partial charge in [0.15, 0.2) is 0 Å². The molecule has 0 spiro atoms. The number of hydrogen-bond acceptors (Lipinski definition) is 1. The summed E-state index contributed by atoms with van der Waals surface area (Å²) in [5.41, 5.74) is 0. The first-order valence-electron chi connectivity index (χ1n) is 9.96. The first-order chi connectivity index (χ1) is 12.9. The molecule has 1 N–H and O–H groups in total. The van der Waals surface area contributed by atoms with Gasteiger partial charge in [0.25, 0.3) is 0 Å². The van der Waals surface area contributed by atoms with Gasteiger partial charge in [0.05, 0.1) is 0 Å². The lowest BCUT2D eigenvalue weighted by molar-refractivity contribution is -0.355. The lowest BCUT2D eigenvalue weighted by Crippen LogP contribution is -2.51. The van der Waals surface area contributed by atoms with Gasteiger partial charge in [0, 0.05) is 12.8 Å². The predicted molar refractivity (Wildman–Crippen MR) is 92.8 cm³/mol. The highest BCUT2D eigenvalue weighted by molar-refractivity contribution is 5.66. The van der Waals surface area contributed by atoms with Crippen molar-refractivity contribution in [2.75, 3.05) is 0 Å². The molecule has 28 heavy (non-hydrogen) atoms. The van der Waals surface area contributed by atoms with Crippen LogP contribution in [-0.4, -0.2) is 29.1 Å². The molecule has 0 rings (SSSR count). The van der Waals surface area contributed by atoms with E-state index in [2.05, 4.69) is 0 Å². The van der Waals surface area contributed by atoms with E-state index in [1.807, 2.05) is 0 Å². The van der Waals surface area contributed by atoms with Crippen molar-refractivity contribution in [1.29, 1.82) is 0 Å².